The number of hydrogen-bond donors (Lipinski definition) is 2. The largest absolute Gasteiger partial charge is 0.391 e. The highest BCUT2D eigenvalue weighted by Crippen LogP contribution is 2.08. The molecule has 1 rings (SSSR count). The van der Waals surface area contributed by atoms with E-state index >= 15 is 0 Å². The lowest BCUT2D eigenvalue weighted by molar-refractivity contribution is 0.129. The lowest BCUT2D eigenvalue weighted by Crippen LogP contribution is -2.34. The SMILES string of the molecule is CC(C)C(O)CNS(=O)(=O)c1cnc(Cl)nc1. The molecule has 6 nitrogen and oxygen atoms in total. The highest BCUT2D eigenvalue weighted by Gasteiger charge is 2.18. The minimum Gasteiger partial charge on any atom is -0.391 e. The summed E-state index contributed by atoms with van der Waals surface area (Å²) in [4.78, 5) is 7.08. The molecule has 0 saturated carbocycles. The molecular formula is C9H14ClN3O3S. The summed E-state index contributed by atoms with van der Waals surface area (Å²) >= 11 is 5.45. The molecule has 0 fully saturated rings. The van der Waals surface area contributed by atoms with Crippen molar-refractivity contribution in [2.24, 2.45) is 5.92 Å². The number of hydrogen-bond acceptors (Lipinski definition) is 5. The van der Waals surface area contributed by atoms with Gasteiger partial charge in [0.2, 0.25) is 15.3 Å². The molecular weight excluding hydrogens is 266 g/mol. The van der Waals surface area contributed by atoms with Crippen LogP contribution in [0.3, 0.4) is 0 Å². The van der Waals surface area contributed by atoms with Gasteiger partial charge in [0, 0.05) is 6.54 Å². The topological polar surface area (TPSA) is 92.2 Å². The second kappa shape index (κ2) is 5.72. The lowest BCUT2D eigenvalue weighted by Gasteiger charge is -2.14. The number of rotatable bonds is 5. The predicted molar refractivity (Wildman–Crippen MR) is 63.1 cm³/mol. The molecule has 0 saturated heterocycles. The first-order valence-corrected chi connectivity index (χ1v) is 6.84. The van der Waals surface area contributed by atoms with Crippen molar-refractivity contribution in [1.29, 1.82) is 0 Å². The Morgan fingerprint density at radius 3 is 2.41 bits per heavy atom. The first-order valence-electron chi connectivity index (χ1n) is 4.98. The molecule has 8 heteroatoms. The number of aromatic nitrogens is 2. The molecule has 1 aromatic rings. The van der Waals surface area contributed by atoms with Gasteiger partial charge in [0.1, 0.15) is 4.90 Å². The second-order valence-electron chi connectivity index (χ2n) is 3.85. The van der Waals surface area contributed by atoms with Gasteiger partial charge in [0.25, 0.3) is 0 Å². The minimum atomic E-state index is -3.70. The fourth-order valence-corrected chi connectivity index (χ4v) is 1.99. The number of sulfonamides is 1. The van der Waals surface area contributed by atoms with Crippen LogP contribution in [0, 0.1) is 5.92 Å². The Morgan fingerprint density at radius 2 is 1.94 bits per heavy atom. The maximum absolute atomic E-state index is 11.7. The first kappa shape index (κ1) is 14.3. The Bertz CT molecular complexity index is 461. The van der Waals surface area contributed by atoms with E-state index in [-0.39, 0.29) is 22.6 Å². The number of halogens is 1. The average Bonchev–Trinajstić information content (AvgIpc) is 2.26. The zero-order chi connectivity index (χ0) is 13.1. The summed E-state index contributed by atoms with van der Waals surface area (Å²) in [6.45, 7) is 3.54. The van der Waals surface area contributed by atoms with Gasteiger partial charge in [-0.3, -0.25) is 0 Å². The van der Waals surface area contributed by atoms with Crippen molar-refractivity contribution in [3.63, 3.8) is 0 Å². The van der Waals surface area contributed by atoms with Crippen molar-refractivity contribution in [3.8, 4) is 0 Å². The van der Waals surface area contributed by atoms with E-state index in [0.29, 0.717) is 0 Å². The van der Waals surface area contributed by atoms with Crippen molar-refractivity contribution in [3.05, 3.63) is 17.7 Å². The van der Waals surface area contributed by atoms with E-state index in [4.69, 9.17) is 11.6 Å². The molecule has 0 aliphatic rings. The van der Waals surface area contributed by atoms with Gasteiger partial charge in [-0.2, -0.15) is 0 Å². The average molecular weight is 280 g/mol. The number of aliphatic hydroxyl groups excluding tert-OH is 1. The predicted octanol–water partition coefficient (Wildman–Crippen LogP) is 0.425. The van der Waals surface area contributed by atoms with Gasteiger partial charge in [0.15, 0.2) is 0 Å². The third-order valence-corrected chi connectivity index (χ3v) is 3.73. The quantitative estimate of drug-likeness (QED) is 0.763. The molecule has 0 amide bonds. The summed E-state index contributed by atoms with van der Waals surface area (Å²) in [5.74, 6) is -0.0285. The Labute approximate surface area is 105 Å². The maximum Gasteiger partial charge on any atom is 0.243 e. The van der Waals surface area contributed by atoms with Crippen molar-refractivity contribution in [1.82, 2.24) is 14.7 Å². The smallest absolute Gasteiger partial charge is 0.243 e. The Hall–Kier alpha value is -0.760. The van der Waals surface area contributed by atoms with Gasteiger partial charge < -0.3 is 5.11 Å². The standard InChI is InChI=1S/C9H14ClN3O3S/c1-6(2)8(14)5-13-17(15,16)7-3-11-9(10)12-4-7/h3-4,6,8,13-14H,5H2,1-2H3. The molecule has 0 aliphatic heterocycles. The summed E-state index contributed by atoms with van der Waals surface area (Å²) in [6.07, 6.45) is 1.48. The van der Waals surface area contributed by atoms with Gasteiger partial charge in [-0.15, -0.1) is 0 Å². The van der Waals surface area contributed by atoms with E-state index in [0.717, 1.165) is 12.4 Å². The van der Waals surface area contributed by atoms with Crippen molar-refractivity contribution < 1.29 is 13.5 Å². The van der Waals surface area contributed by atoms with Gasteiger partial charge in [-0.05, 0) is 17.5 Å². The summed E-state index contributed by atoms with van der Waals surface area (Å²) in [7, 11) is -3.70. The Balaban J connectivity index is 2.72. The van der Waals surface area contributed by atoms with Crippen LogP contribution in [-0.2, 0) is 10.0 Å². The second-order valence-corrected chi connectivity index (χ2v) is 5.96. The summed E-state index contributed by atoms with van der Waals surface area (Å²) in [6, 6.07) is 0. The molecule has 1 heterocycles. The molecule has 1 atom stereocenters. The zero-order valence-electron chi connectivity index (χ0n) is 9.46. The van der Waals surface area contributed by atoms with E-state index in [1.165, 1.54) is 0 Å². The van der Waals surface area contributed by atoms with Crippen LogP contribution >= 0.6 is 11.6 Å². The molecule has 0 aromatic carbocycles. The normalized spacial score (nSPS) is 13.9. The van der Waals surface area contributed by atoms with E-state index in [1.807, 2.05) is 0 Å². The van der Waals surface area contributed by atoms with Crippen LogP contribution in [0.1, 0.15) is 13.8 Å². The van der Waals surface area contributed by atoms with E-state index in [1.54, 1.807) is 13.8 Å². The molecule has 0 bridgehead atoms. The van der Waals surface area contributed by atoms with Crippen molar-refractivity contribution in [2.45, 2.75) is 24.8 Å². The van der Waals surface area contributed by atoms with Crippen molar-refractivity contribution >= 4 is 21.6 Å². The van der Waals surface area contributed by atoms with Gasteiger partial charge in [0.05, 0.1) is 18.5 Å². The van der Waals surface area contributed by atoms with Crippen LogP contribution in [0.5, 0.6) is 0 Å². The monoisotopic (exact) mass is 279 g/mol. The molecule has 2 N–H and O–H groups in total. The van der Waals surface area contributed by atoms with E-state index in [2.05, 4.69) is 14.7 Å². The lowest BCUT2D eigenvalue weighted by atomic mass is 10.1. The highest BCUT2D eigenvalue weighted by molar-refractivity contribution is 7.89. The number of nitrogens with zero attached hydrogens (tertiary/aromatic N) is 2. The summed E-state index contributed by atoms with van der Waals surface area (Å²) in [5.41, 5.74) is 0. The highest BCUT2D eigenvalue weighted by atomic mass is 35.5. The number of aliphatic hydroxyl groups is 1. The maximum atomic E-state index is 11.7. The van der Waals surface area contributed by atoms with Crippen LogP contribution in [0.2, 0.25) is 5.28 Å². The van der Waals surface area contributed by atoms with Crippen LogP contribution in [0.15, 0.2) is 17.3 Å². The summed E-state index contributed by atoms with van der Waals surface area (Å²) < 4.78 is 25.7. The minimum absolute atomic E-state index is 0.0221. The molecule has 1 aromatic heterocycles. The fraction of sp³-hybridized carbons (Fsp3) is 0.556. The summed E-state index contributed by atoms with van der Waals surface area (Å²) in [5, 5.41) is 9.48. The molecule has 96 valence electrons. The Morgan fingerprint density at radius 1 is 1.41 bits per heavy atom. The zero-order valence-corrected chi connectivity index (χ0v) is 11.0. The third-order valence-electron chi connectivity index (χ3n) is 2.16. The van der Waals surface area contributed by atoms with Gasteiger partial charge >= 0.3 is 0 Å². The molecule has 0 radical (unpaired) electrons. The van der Waals surface area contributed by atoms with Gasteiger partial charge in [-0.25, -0.2) is 23.1 Å². The van der Waals surface area contributed by atoms with E-state index in [9.17, 15) is 13.5 Å². The van der Waals surface area contributed by atoms with Crippen LogP contribution in [-0.4, -0.2) is 36.1 Å². The molecule has 1 unspecified atom stereocenters. The number of nitrogens with one attached hydrogen (secondary N) is 1. The van der Waals surface area contributed by atoms with Crippen molar-refractivity contribution in [2.75, 3.05) is 6.54 Å². The van der Waals surface area contributed by atoms with Crippen LogP contribution < -0.4 is 4.72 Å². The fourth-order valence-electron chi connectivity index (χ4n) is 0.953. The van der Waals surface area contributed by atoms with E-state index < -0.39 is 16.1 Å². The molecule has 17 heavy (non-hydrogen) atoms. The van der Waals surface area contributed by atoms with Crippen LogP contribution in [0.25, 0.3) is 0 Å². The molecule has 0 spiro atoms. The molecule has 0 aliphatic carbocycles. The first-order chi connectivity index (χ1) is 7.83. The van der Waals surface area contributed by atoms with Crippen LogP contribution in [0.4, 0.5) is 0 Å². The third kappa shape index (κ3) is 4.19. The Kier molecular flexibility index (Phi) is 4.81. The van der Waals surface area contributed by atoms with Gasteiger partial charge in [-0.1, -0.05) is 13.8 Å².